The molecule has 3 rings (SSSR count). The molecular weight excluding hydrogens is 467 g/mol. The van der Waals surface area contributed by atoms with E-state index in [2.05, 4.69) is 24.1 Å². The Balaban J connectivity index is 1.62. The molecule has 0 aliphatic rings. The molecule has 168 valence electrons. The SMILES string of the molecule is COc1cc(C=CC(=O)Nc2nc(-c3ccc(Cl)cc3Cl)cs2)ccc1OCCC(C)C. The lowest BCUT2D eigenvalue weighted by molar-refractivity contribution is -0.111. The summed E-state index contributed by atoms with van der Waals surface area (Å²) in [7, 11) is 1.60. The fourth-order valence-electron chi connectivity index (χ4n) is 2.78. The van der Waals surface area contributed by atoms with Crippen LogP contribution in [0.3, 0.4) is 0 Å². The van der Waals surface area contributed by atoms with Gasteiger partial charge in [0.25, 0.3) is 0 Å². The lowest BCUT2D eigenvalue weighted by atomic mass is 10.1. The molecule has 0 saturated carbocycles. The number of anilines is 1. The van der Waals surface area contributed by atoms with Crippen LogP contribution < -0.4 is 14.8 Å². The summed E-state index contributed by atoms with van der Waals surface area (Å²) in [6, 6.07) is 10.8. The van der Waals surface area contributed by atoms with Gasteiger partial charge in [-0.1, -0.05) is 43.1 Å². The van der Waals surface area contributed by atoms with Crippen molar-refractivity contribution in [1.29, 1.82) is 0 Å². The van der Waals surface area contributed by atoms with Crippen molar-refractivity contribution < 1.29 is 14.3 Å². The van der Waals surface area contributed by atoms with Crippen molar-refractivity contribution in [2.45, 2.75) is 20.3 Å². The van der Waals surface area contributed by atoms with E-state index in [0.29, 0.717) is 44.9 Å². The van der Waals surface area contributed by atoms with E-state index in [1.807, 2.05) is 23.6 Å². The van der Waals surface area contributed by atoms with E-state index in [-0.39, 0.29) is 5.91 Å². The van der Waals surface area contributed by atoms with Gasteiger partial charge >= 0.3 is 0 Å². The topological polar surface area (TPSA) is 60.5 Å². The monoisotopic (exact) mass is 490 g/mol. The van der Waals surface area contributed by atoms with Gasteiger partial charge in [-0.15, -0.1) is 11.3 Å². The zero-order valence-corrected chi connectivity index (χ0v) is 20.4. The molecule has 2 aromatic carbocycles. The number of carbonyl (C=O) groups is 1. The number of benzene rings is 2. The minimum absolute atomic E-state index is 0.288. The molecule has 0 aliphatic heterocycles. The number of amides is 1. The highest BCUT2D eigenvalue weighted by Crippen LogP contribution is 2.32. The van der Waals surface area contributed by atoms with E-state index < -0.39 is 0 Å². The third-order valence-corrected chi connectivity index (χ3v) is 5.81. The van der Waals surface area contributed by atoms with Gasteiger partial charge in [0, 0.05) is 22.0 Å². The molecular formula is C24H24Cl2N2O3S. The van der Waals surface area contributed by atoms with E-state index in [1.54, 1.807) is 31.4 Å². The molecule has 0 spiro atoms. The molecule has 0 aliphatic carbocycles. The maximum absolute atomic E-state index is 12.3. The van der Waals surface area contributed by atoms with Crippen molar-refractivity contribution in [2.24, 2.45) is 5.92 Å². The number of rotatable bonds is 9. The minimum Gasteiger partial charge on any atom is -0.493 e. The minimum atomic E-state index is -0.288. The van der Waals surface area contributed by atoms with E-state index in [4.69, 9.17) is 32.7 Å². The third-order valence-electron chi connectivity index (χ3n) is 4.51. The van der Waals surface area contributed by atoms with Crippen molar-refractivity contribution in [3.8, 4) is 22.8 Å². The van der Waals surface area contributed by atoms with Gasteiger partial charge in [0.05, 0.1) is 24.4 Å². The Bertz CT molecular complexity index is 1110. The normalized spacial score (nSPS) is 11.2. The molecule has 0 saturated heterocycles. The first-order chi connectivity index (χ1) is 15.4. The largest absolute Gasteiger partial charge is 0.493 e. The lowest BCUT2D eigenvalue weighted by Gasteiger charge is -2.12. The Hall–Kier alpha value is -2.54. The average molecular weight is 491 g/mol. The number of carbonyl (C=O) groups excluding carboxylic acids is 1. The van der Waals surface area contributed by atoms with Crippen LogP contribution in [-0.4, -0.2) is 24.6 Å². The molecule has 1 N–H and O–H groups in total. The predicted molar refractivity (Wildman–Crippen MR) is 133 cm³/mol. The van der Waals surface area contributed by atoms with Crippen molar-refractivity contribution in [3.05, 3.63) is 63.5 Å². The molecule has 0 atom stereocenters. The molecule has 32 heavy (non-hydrogen) atoms. The van der Waals surface area contributed by atoms with E-state index in [0.717, 1.165) is 17.5 Å². The molecule has 5 nitrogen and oxygen atoms in total. The van der Waals surface area contributed by atoms with Crippen LogP contribution in [0.15, 0.2) is 47.9 Å². The smallest absolute Gasteiger partial charge is 0.250 e. The second-order valence-electron chi connectivity index (χ2n) is 7.43. The lowest BCUT2D eigenvalue weighted by Crippen LogP contribution is -2.07. The molecule has 0 fully saturated rings. The van der Waals surface area contributed by atoms with Crippen molar-refractivity contribution in [3.63, 3.8) is 0 Å². The standard InChI is InChI=1S/C24H24Cl2N2O3S/c1-15(2)10-11-31-21-8-4-16(12-22(21)30-3)5-9-23(29)28-24-27-20(14-32-24)18-7-6-17(25)13-19(18)26/h4-9,12-15H,10-11H2,1-3H3,(H,27,28,29). The third kappa shape index (κ3) is 6.73. The Labute approximate surface area is 202 Å². The van der Waals surface area contributed by atoms with Crippen LogP contribution in [-0.2, 0) is 4.79 Å². The quantitative estimate of drug-likeness (QED) is 0.322. The van der Waals surface area contributed by atoms with Gasteiger partial charge in [-0.2, -0.15) is 0 Å². The summed E-state index contributed by atoms with van der Waals surface area (Å²) in [6.45, 7) is 4.93. The number of ether oxygens (including phenoxy) is 2. The number of hydrogen-bond acceptors (Lipinski definition) is 5. The predicted octanol–water partition coefficient (Wildman–Crippen LogP) is 7.20. The molecule has 8 heteroatoms. The number of aromatic nitrogens is 1. The van der Waals surface area contributed by atoms with Crippen LogP contribution in [0.2, 0.25) is 10.0 Å². The summed E-state index contributed by atoms with van der Waals surface area (Å²) in [4.78, 5) is 16.8. The van der Waals surface area contributed by atoms with Gasteiger partial charge in [-0.25, -0.2) is 4.98 Å². The van der Waals surface area contributed by atoms with E-state index in [9.17, 15) is 4.79 Å². The van der Waals surface area contributed by atoms with Crippen LogP contribution in [0, 0.1) is 5.92 Å². The number of nitrogens with zero attached hydrogens (tertiary/aromatic N) is 1. The molecule has 1 amide bonds. The summed E-state index contributed by atoms with van der Waals surface area (Å²) in [6.07, 6.45) is 4.12. The summed E-state index contributed by atoms with van der Waals surface area (Å²) in [5.41, 5.74) is 2.25. The van der Waals surface area contributed by atoms with Crippen LogP contribution in [0.5, 0.6) is 11.5 Å². The van der Waals surface area contributed by atoms with Crippen molar-refractivity contribution in [1.82, 2.24) is 4.98 Å². The molecule has 1 heterocycles. The molecule has 0 bridgehead atoms. The zero-order chi connectivity index (χ0) is 23.1. The van der Waals surface area contributed by atoms with E-state index >= 15 is 0 Å². The molecule has 0 unspecified atom stereocenters. The zero-order valence-electron chi connectivity index (χ0n) is 18.0. The molecule has 0 radical (unpaired) electrons. The van der Waals surface area contributed by atoms with Crippen LogP contribution in [0.1, 0.15) is 25.8 Å². The van der Waals surface area contributed by atoms with Gasteiger partial charge in [0.15, 0.2) is 16.6 Å². The summed E-state index contributed by atoms with van der Waals surface area (Å²) in [5, 5.41) is 6.14. The first kappa shape index (κ1) is 24.1. The highest BCUT2D eigenvalue weighted by atomic mass is 35.5. The molecule has 1 aromatic heterocycles. The second-order valence-corrected chi connectivity index (χ2v) is 9.13. The summed E-state index contributed by atoms with van der Waals surface area (Å²) >= 11 is 13.5. The van der Waals surface area contributed by atoms with Crippen LogP contribution >= 0.6 is 34.5 Å². The number of nitrogens with one attached hydrogen (secondary N) is 1. The van der Waals surface area contributed by atoms with E-state index in [1.165, 1.54) is 17.4 Å². The second kappa shape index (κ2) is 11.4. The van der Waals surface area contributed by atoms with Gasteiger partial charge in [-0.3, -0.25) is 10.1 Å². The van der Waals surface area contributed by atoms with Gasteiger partial charge < -0.3 is 9.47 Å². The Kier molecular flexibility index (Phi) is 8.56. The maximum Gasteiger partial charge on any atom is 0.250 e. The van der Waals surface area contributed by atoms with Crippen LogP contribution in [0.4, 0.5) is 5.13 Å². The van der Waals surface area contributed by atoms with Gasteiger partial charge in [-0.05, 0) is 54.3 Å². The highest BCUT2D eigenvalue weighted by molar-refractivity contribution is 7.14. The Morgan fingerprint density at radius 3 is 2.72 bits per heavy atom. The number of methoxy groups -OCH3 is 1. The first-order valence-corrected chi connectivity index (χ1v) is 11.7. The fraction of sp³-hybridized carbons (Fsp3) is 0.250. The van der Waals surface area contributed by atoms with Crippen molar-refractivity contribution in [2.75, 3.05) is 19.0 Å². The van der Waals surface area contributed by atoms with Gasteiger partial charge in [0.1, 0.15) is 0 Å². The Morgan fingerprint density at radius 1 is 1.19 bits per heavy atom. The number of hydrogen-bond donors (Lipinski definition) is 1. The number of halogens is 2. The Morgan fingerprint density at radius 2 is 2.00 bits per heavy atom. The number of thiazole rings is 1. The summed E-state index contributed by atoms with van der Waals surface area (Å²) < 4.78 is 11.2. The summed E-state index contributed by atoms with van der Waals surface area (Å²) in [5.74, 6) is 1.59. The van der Waals surface area contributed by atoms with Gasteiger partial charge in [0.2, 0.25) is 5.91 Å². The first-order valence-electron chi connectivity index (χ1n) is 10.1. The average Bonchev–Trinajstić information content (AvgIpc) is 3.20. The van der Waals surface area contributed by atoms with Crippen molar-refractivity contribution >= 4 is 51.7 Å². The highest BCUT2D eigenvalue weighted by Gasteiger charge is 2.10. The molecule has 3 aromatic rings. The maximum atomic E-state index is 12.3. The fourth-order valence-corrected chi connectivity index (χ4v) is 4.00. The van der Waals surface area contributed by atoms with Crippen LogP contribution in [0.25, 0.3) is 17.3 Å².